The van der Waals surface area contributed by atoms with Crippen LogP contribution in [0.1, 0.15) is 25.0 Å². The van der Waals surface area contributed by atoms with Crippen molar-refractivity contribution in [2.45, 2.75) is 33.9 Å². The van der Waals surface area contributed by atoms with Crippen LogP contribution in [0.5, 0.6) is 0 Å². The van der Waals surface area contributed by atoms with Crippen LogP contribution in [0.4, 0.5) is 5.95 Å². The van der Waals surface area contributed by atoms with Gasteiger partial charge in [0.2, 0.25) is 5.95 Å². The van der Waals surface area contributed by atoms with Crippen molar-refractivity contribution < 1.29 is 0 Å². The summed E-state index contributed by atoms with van der Waals surface area (Å²) in [7, 11) is 0. The second-order valence-electron chi connectivity index (χ2n) is 5.14. The first-order valence-electron chi connectivity index (χ1n) is 6.45. The summed E-state index contributed by atoms with van der Waals surface area (Å²) in [5.74, 6) is 1.57. The fraction of sp³-hybridized carbons (Fsp3) is 0.400. The molecule has 1 N–H and O–H groups in total. The molecule has 1 heterocycles. The second kappa shape index (κ2) is 5.71. The highest BCUT2D eigenvalue weighted by molar-refractivity contribution is 5.30. The first-order valence-corrected chi connectivity index (χ1v) is 6.45. The normalized spacial score (nSPS) is 10.9. The molecule has 2 aromatic rings. The van der Waals surface area contributed by atoms with Crippen LogP contribution in [0, 0.1) is 12.8 Å². The lowest BCUT2D eigenvalue weighted by molar-refractivity contribution is 0.526. The van der Waals surface area contributed by atoms with E-state index in [-0.39, 0.29) is 0 Å². The number of nitrogens with one attached hydrogen (secondary N) is 1. The van der Waals surface area contributed by atoms with E-state index in [4.69, 9.17) is 0 Å². The molecule has 0 aliphatic heterocycles. The van der Waals surface area contributed by atoms with Gasteiger partial charge in [-0.15, -0.1) is 0 Å². The van der Waals surface area contributed by atoms with Crippen molar-refractivity contribution in [1.82, 2.24) is 9.55 Å². The zero-order valence-corrected chi connectivity index (χ0v) is 11.4. The minimum absolute atomic E-state index is 0.624. The van der Waals surface area contributed by atoms with Crippen molar-refractivity contribution >= 4 is 5.95 Å². The second-order valence-corrected chi connectivity index (χ2v) is 5.14. The van der Waals surface area contributed by atoms with Gasteiger partial charge in [-0.25, -0.2) is 4.98 Å². The Kier molecular flexibility index (Phi) is 4.03. The highest BCUT2D eigenvalue weighted by Gasteiger charge is 2.04. The molecule has 1 aromatic heterocycles. The highest BCUT2D eigenvalue weighted by Crippen LogP contribution is 2.11. The van der Waals surface area contributed by atoms with E-state index < -0.39 is 0 Å². The number of hydrogen-bond acceptors (Lipinski definition) is 2. The third kappa shape index (κ3) is 3.36. The maximum absolute atomic E-state index is 4.36. The van der Waals surface area contributed by atoms with Crippen LogP contribution in [-0.4, -0.2) is 9.55 Å². The van der Waals surface area contributed by atoms with E-state index in [9.17, 15) is 0 Å². The van der Waals surface area contributed by atoms with E-state index in [0.29, 0.717) is 5.92 Å². The van der Waals surface area contributed by atoms with Crippen molar-refractivity contribution in [1.29, 1.82) is 0 Å². The molecule has 0 bridgehead atoms. The molecule has 0 fully saturated rings. The number of aryl methyl sites for hydroxylation is 1. The van der Waals surface area contributed by atoms with E-state index >= 15 is 0 Å². The van der Waals surface area contributed by atoms with Gasteiger partial charge in [-0.05, 0) is 18.4 Å². The van der Waals surface area contributed by atoms with Crippen LogP contribution in [0.15, 0.2) is 36.7 Å². The van der Waals surface area contributed by atoms with E-state index in [1.165, 1.54) is 11.1 Å². The number of nitrogens with zero attached hydrogens (tertiary/aromatic N) is 2. The summed E-state index contributed by atoms with van der Waals surface area (Å²) in [4.78, 5) is 4.36. The molecule has 18 heavy (non-hydrogen) atoms. The third-order valence-corrected chi connectivity index (χ3v) is 2.81. The Morgan fingerprint density at radius 3 is 2.89 bits per heavy atom. The number of benzene rings is 1. The largest absolute Gasteiger partial charge is 0.352 e. The fourth-order valence-electron chi connectivity index (χ4n) is 2.02. The average Bonchev–Trinajstić information content (AvgIpc) is 2.73. The van der Waals surface area contributed by atoms with Crippen molar-refractivity contribution in [3.8, 4) is 0 Å². The minimum atomic E-state index is 0.624. The molecule has 3 nitrogen and oxygen atoms in total. The van der Waals surface area contributed by atoms with Gasteiger partial charge in [-0.1, -0.05) is 43.7 Å². The van der Waals surface area contributed by atoms with Crippen LogP contribution in [0.3, 0.4) is 0 Å². The van der Waals surface area contributed by atoms with Gasteiger partial charge in [0, 0.05) is 25.5 Å². The summed E-state index contributed by atoms with van der Waals surface area (Å²) < 4.78 is 2.17. The predicted octanol–water partition coefficient (Wildman–Crippen LogP) is 3.46. The lowest BCUT2D eigenvalue weighted by Gasteiger charge is -2.12. The molecule has 0 unspecified atom stereocenters. The lowest BCUT2D eigenvalue weighted by atomic mass is 10.1. The van der Waals surface area contributed by atoms with Crippen molar-refractivity contribution in [2.75, 3.05) is 5.32 Å². The summed E-state index contributed by atoms with van der Waals surface area (Å²) in [5, 5.41) is 3.39. The first-order chi connectivity index (χ1) is 8.65. The molecular weight excluding hydrogens is 222 g/mol. The number of aromatic nitrogens is 2. The van der Waals surface area contributed by atoms with Gasteiger partial charge >= 0.3 is 0 Å². The maximum Gasteiger partial charge on any atom is 0.203 e. The Hall–Kier alpha value is -1.77. The molecule has 1 aromatic carbocycles. The molecule has 0 saturated carbocycles. The summed E-state index contributed by atoms with van der Waals surface area (Å²) in [6.07, 6.45) is 3.87. The molecule has 2 rings (SSSR count). The number of hydrogen-bond donors (Lipinski definition) is 1. The molecule has 0 aliphatic rings. The SMILES string of the molecule is Cc1cccc(CNc2nccn2CC(C)C)c1. The molecule has 3 heteroatoms. The summed E-state index contributed by atoms with van der Waals surface area (Å²) in [5.41, 5.74) is 2.58. The number of imidazole rings is 1. The van der Waals surface area contributed by atoms with Gasteiger partial charge in [0.25, 0.3) is 0 Å². The Labute approximate surface area is 109 Å². The molecular formula is C15H21N3. The quantitative estimate of drug-likeness (QED) is 0.871. The van der Waals surface area contributed by atoms with E-state index in [1.54, 1.807) is 0 Å². The Bertz CT molecular complexity index is 500. The van der Waals surface area contributed by atoms with E-state index in [1.807, 2.05) is 12.4 Å². The molecule has 0 spiro atoms. The van der Waals surface area contributed by atoms with Gasteiger partial charge < -0.3 is 9.88 Å². The summed E-state index contributed by atoms with van der Waals surface area (Å²) >= 11 is 0. The zero-order valence-electron chi connectivity index (χ0n) is 11.4. The Balaban J connectivity index is 2.00. The van der Waals surface area contributed by atoms with Crippen LogP contribution in [0.25, 0.3) is 0 Å². The van der Waals surface area contributed by atoms with E-state index in [0.717, 1.165) is 19.0 Å². The standard InChI is InChI=1S/C15H21N3/c1-12(2)11-18-8-7-16-15(18)17-10-14-6-4-5-13(3)9-14/h4-9,12H,10-11H2,1-3H3,(H,16,17). The summed E-state index contributed by atoms with van der Waals surface area (Å²) in [6.45, 7) is 8.35. The molecule has 0 atom stereocenters. The number of anilines is 1. The van der Waals surface area contributed by atoms with Crippen LogP contribution in [0.2, 0.25) is 0 Å². The monoisotopic (exact) mass is 243 g/mol. The van der Waals surface area contributed by atoms with E-state index in [2.05, 4.69) is 59.9 Å². The van der Waals surface area contributed by atoms with Crippen LogP contribution in [-0.2, 0) is 13.1 Å². The smallest absolute Gasteiger partial charge is 0.203 e. The Morgan fingerprint density at radius 2 is 2.17 bits per heavy atom. The zero-order chi connectivity index (χ0) is 13.0. The third-order valence-electron chi connectivity index (χ3n) is 2.81. The molecule has 0 aliphatic carbocycles. The highest BCUT2D eigenvalue weighted by atomic mass is 15.2. The van der Waals surface area contributed by atoms with Gasteiger partial charge in [0.1, 0.15) is 0 Å². The Morgan fingerprint density at radius 1 is 1.33 bits per heavy atom. The number of rotatable bonds is 5. The summed E-state index contributed by atoms with van der Waals surface area (Å²) in [6, 6.07) is 8.54. The minimum Gasteiger partial charge on any atom is -0.352 e. The van der Waals surface area contributed by atoms with Gasteiger partial charge in [0.05, 0.1) is 0 Å². The van der Waals surface area contributed by atoms with Gasteiger partial charge in [-0.3, -0.25) is 0 Å². The predicted molar refractivity (Wildman–Crippen MR) is 75.6 cm³/mol. The molecule has 0 saturated heterocycles. The van der Waals surface area contributed by atoms with Crippen molar-refractivity contribution in [3.05, 3.63) is 47.8 Å². The molecule has 0 amide bonds. The lowest BCUT2D eigenvalue weighted by Crippen LogP contribution is -2.10. The fourth-order valence-corrected chi connectivity index (χ4v) is 2.02. The van der Waals surface area contributed by atoms with Gasteiger partial charge in [0.15, 0.2) is 0 Å². The van der Waals surface area contributed by atoms with Gasteiger partial charge in [-0.2, -0.15) is 0 Å². The molecule has 96 valence electrons. The van der Waals surface area contributed by atoms with Crippen LogP contribution < -0.4 is 5.32 Å². The first kappa shape index (κ1) is 12.7. The van der Waals surface area contributed by atoms with Crippen LogP contribution >= 0.6 is 0 Å². The molecule has 0 radical (unpaired) electrons. The average molecular weight is 243 g/mol. The maximum atomic E-state index is 4.36. The van der Waals surface area contributed by atoms with Crippen molar-refractivity contribution in [2.24, 2.45) is 5.92 Å². The topological polar surface area (TPSA) is 29.9 Å². The van der Waals surface area contributed by atoms with Crippen molar-refractivity contribution in [3.63, 3.8) is 0 Å².